The zero-order chi connectivity index (χ0) is 14.8. The van der Waals surface area contributed by atoms with Gasteiger partial charge in [-0.05, 0) is 23.1 Å². The fourth-order valence-corrected chi connectivity index (χ4v) is 3.05. The number of benzene rings is 1. The van der Waals surface area contributed by atoms with Crippen molar-refractivity contribution in [1.82, 2.24) is 10.2 Å². The maximum Gasteiger partial charge on any atom is 0.165 e. The monoisotopic (exact) mass is 280 g/mol. The second-order valence-electron chi connectivity index (χ2n) is 6.45. The van der Waals surface area contributed by atoms with Crippen LogP contribution < -0.4 is 10.1 Å². The quantitative estimate of drug-likeness (QED) is 0.921. The summed E-state index contributed by atoms with van der Waals surface area (Å²) in [4.78, 5) is 2.44. The van der Waals surface area contributed by atoms with Gasteiger partial charge in [0.2, 0.25) is 0 Å². The van der Waals surface area contributed by atoms with E-state index in [-0.39, 0.29) is 17.3 Å². The molecule has 3 nitrogen and oxygen atoms in total. The Morgan fingerprint density at radius 3 is 2.40 bits per heavy atom. The third-order valence-corrected chi connectivity index (χ3v) is 3.83. The van der Waals surface area contributed by atoms with Crippen LogP contribution in [-0.4, -0.2) is 38.2 Å². The molecule has 1 aromatic carbocycles. The molecule has 1 heterocycles. The van der Waals surface area contributed by atoms with Crippen molar-refractivity contribution in [2.45, 2.75) is 26.8 Å². The molecule has 1 atom stereocenters. The Hall–Kier alpha value is -1.13. The largest absolute Gasteiger partial charge is 0.494 e. The van der Waals surface area contributed by atoms with Crippen LogP contribution in [0.25, 0.3) is 0 Å². The Morgan fingerprint density at radius 2 is 1.90 bits per heavy atom. The van der Waals surface area contributed by atoms with Crippen molar-refractivity contribution in [2.24, 2.45) is 5.41 Å². The summed E-state index contributed by atoms with van der Waals surface area (Å²) in [6, 6.07) is 5.55. The molecule has 0 bridgehead atoms. The Labute approximate surface area is 121 Å². The summed E-state index contributed by atoms with van der Waals surface area (Å²) in [5.74, 6) is 0.0242. The zero-order valence-corrected chi connectivity index (χ0v) is 12.9. The molecule has 112 valence electrons. The van der Waals surface area contributed by atoms with Gasteiger partial charge in [-0.3, -0.25) is 4.90 Å². The van der Waals surface area contributed by atoms with Gasteiger partial charge in [-0.15, -0.1) is 0 Å². The molecule has 1 fully saturated rings. The van der Waals surface area contributed by atoms with Crippen molar-refractivity contribution >= 4 is 0 Å². The van der Waals surface area contributed by atoms with E-state index >= 15 is 0 Å². The lowest BCUT2D eigenvalue weighted by Crippen LogP contribution is -2.48. The highest BCUT2D eigenvalue weighted by atomic mass is 19.1. The normalized spacial score (nSPS) is 18.9. The molecule has 0 unspecified atom stereocenters. The molecule has 0 aromatic heterocycles. The minimum Gasteiger partial charge on any atom is -0.494 e. The molecule has 20 heavy (non-hydrogen) atoms. The van der Waals surface area contributed by atoms with Crippen LogP contribution in [0.1, 0.15) is 32.4 Å². The number of nitrogens with zero attached hydrogens (tertiary/aromatic N) is 1. The SMILES string of the molecule is COc1ccc([C@@H](N2CCNCC2)C(C)(C)C)cc1F. The lowest BCUT2D eigenvalue weighted by Gasteiger charge is -2.42. The second kappa shape index (κ2) is 6.10. The van der Waals surface area contributed by atoms with Gasteiger partial charge in [-0.25, -0.2) is 4.39 Å². The lowest BCUT2D eigenvalue weighted by atomic mass is 9.81. The third kappa shape index (κ3) is 3.30. The van der Waals surface area contributed by atoms with Crippen LogP contribution in [0.5, 0.6) is 5.75 Å². The summed E-state index contributed by atoms with van der Waals surface area (Å²) in [6.07, 6.45) is 0. The van der Waals surface area contributed by atoms with E-state index in [1.807, 2.05) is 6.07 Å². The maximum absolute atomic E-state index is 14.0. The molecule has 4 heteroatoms. The smallest absolute Gasteiger partial charge is 0.165 e. The van der Waals surface area contributed by atoms with Crippen LogP contribution in [0.2, 0.25) is 0 Å². The Balaban J connectivity index is 2.33. The summed E-state index contributed by atoms with van der Waals surface area (Å²) in [6.45, 7) is 10.6. The van der Waals surface area contributed by atoms with E-state index in [9.17, 15) is 4.39 Å². The van der Waals surface area contributed by atoms with Crippen molar-refractivity contribution in [3.8, 4) is 5.75 Å². The fourth-order valence-electron chi connectivity index (χ4n) is 3.05. The average Bonchev–Trinajstić information content (AvgIpc) is 2.39. The van der Waals surface area contributed by atoms with Gasteiger partial charge in [0.25, 0.3) is 0 Å². The molecular formula is C16H25FN2O. The first-order valence-electron chi connectivity index (χ1n) is 7.21. The summed E-state index contributed by atoms with van der Waals surface area (Å²) in [7, 11) is 1.50. The van der Waals surface area contributed by atoms with Crippen LogP contribution >= 0.6 is 0 Å². The molecular weight excluding hydrogens is 255 g/mol. The number of halogens is 1. The highest BCUT2D eigenvalue weighted by Gasteiger charge is 2.32. The van der Waals surface area contributed by atoms with Crippen molar-refractivity contribution < 1.29 is 9.13 Å². The Bertz CT molecular complexity index is 450. The summed E-state index contributed by atoms with van der Waals surface area (Å²) < 4.78 is 19.0. The van der Waals surface area contributed by atoms with Crippen LogP contribution in [0.15, 0.2) is 18.2 Å². The number of hydrogen-bond acceptors (Lipinski definition) is 3. The molecule has 1 aromatic rings. The predicted molar refractivity (Wildman–Crippen MR) is 79.6 cm³/mol. The molecule has 1 N–H and O–H groups in total. The van der Waals surface area contributed by atoms with Gasteiger partial charge in [0, 0.05) is 32.2 Å². The molecule has 1 saturated heterocycles. The van der Waals surface area contributed by atoms with Crippen LogP contribution in [0.3, 0.4) is 0 Å². The van der Waals surface area contributed by atoms with Crippen molar-refractivity contribution in [3.05, 3.63) is 29.6 Å². The summed E-state index contributed by atoms with van der Waals surface area (Å²) in [5.41, 5.74) is 1.08. The molecule has 1 aliphatic heterocycles. The first kappa shape index (κ1) is 15.3. The standard InChI is InChI=1S/C16H25FN2O/c1-16(2,3)15(19-9-7-18-8-10-19)12-5-6-14(20-4)13(17)11-12/h5-6,11,15,18H,7-10H2,1-4H3/t15-/m1/s1. The molecule has 0 amide bonds. The van der Waals surface area contributed by atoms with E-state index in [4.69, 9.17) is 4.74 Å². The molecule has 0 radical (unpaired) electrons. The lowest BCUT2D eigenvalue weighted by molar-refractivity contribution is 0.0859. The van der Waals surface area contributed by atoms with Crippen molar-refractivity contribution in [1.29, 1.82) is 0 Å². The van der Waals surface area contributed by atoms with Crippen LogP contribution in [0, 0.1) is 11.2 Å². The predicted octanol–water partition coefficient (Wildman–Crippen LogP) is 2.83. The van der Waals surface area contributed by atoms with Crippen LogP contribution in [-0.2, 0) is 0 Å². The first-order valence-corrected chi connectivity index (χ1v) is 7.21. The molecule has 1 aliphatic rings. The molecule has 0 aliphatic carbocycles. The van der Waals surface area contributed by atoms with E-state index in [0.717, 1.165) is 31.7 Å². The van der Waals surface area contributed by atoms with Gasteiger partial charge in [0.1, 0.15) is 0 Å². The van der Waals surface area contributed by atoms with E-state index < -0.39 is 0 Å². The zero-order valence-electron chi connectivity index (χ0n) is 12.9. The number of ether oxygens (including phenoxy) is 1. The number of rotatable bonds is 3. The van der Waals surface area contributed by atoms with Gasteiger partial charge in [0.15, 0.2) is 11.6 Å². The second-order valence-corrected chi connectivity index (χ2v) is 6.45. The summed E-state index contributed by atoms with van der Waals surface area (Å²) >= 11 is 0. The number of nitrogens with one attached hydrogen (secondary N) is 1. The average molecular weight is 280 g/mol. The molecule has 2 rings (SSSR count). The van der Waals surface area contributed by atoms with Crippen molar-refractivity contribution in [2.75, 3.05) is 33.3 Å². The number of methoxy groups -OCH3 is 1. The number of hydrogen-bond donors (Lipinski definition) is 1. The van der Waals surface area contributed by atoms with Gasteiger partial charge >= 0.3 is 0 Å². The minimum absolute atomic E-state index is 0.0539. The highest BCUT2D eigenvalue weighted by Crippen LogP contribution is 2.39. The Kier molecular flexibility index (Phi) is 4.66. The van der Waals surface area contributed by atoms with Crippen molar-refractivity contribution in [3.63, 3.8) is 0 Å². The van der Waals surface area contributed by atoms with Gasteiger partial charge in [0.05, 0.1) is 7.11 Å². The topological polar surface area (TPSA) is 24.5 Å². The maximum atomic E-state index is 14.0. The van der Waals surface area contributed by atoms with E-state index in [1.54, 1.807) is 12.1 Å². The van der Waals surface area contributed by atoms with Gasteiger partial charge in [-0.1, -0.05) is 26.8 Å². The van der Waals surface area contributed by atoms with Crippen LogP contribution in [0.4, 0.5) is 4.39 Å². The number of piperazine rings is 1. The van der Waals surface area contributed by atoms with Gasteiger partial charge in [-0.2, -0.15) is 0 Å². The van der Waals surface area contributed by atoms with Gasteiger partial charge < -0.3 is 10.1 Å². The molecule has 0 spiro atoms. The van der Waals surface area contributed by atoms with E-state index in [1.165, 1.54) is 7.11 Å². The van der Waals surface area contributed by atoms with E-state index in [0.29, 0.717) is 5.75 Å². The first-order chi connectivity index (χ1) is 9.43. The van der Waals surface area contributed by atoms with E-state index in [2.05, 4.69) is 31.0 Å². The fraction of sp³-hybridized carbons (Fsp3) is 0.625. The minimum atomic E-state index is -0.283. The third-order valence-electron chi connectivity index (χ3n) is 3.83. The summed E-state index contributed by atoms with van der Waals surface area (Å²) in [5, 5.41) is 3.37. The molecule has 0 saturated carbocycles. The highest BCUT2D eigenvalue weighted by molar-refractivity contribution is 5.32. The Morgan fingerprint density at radius 1 is 1.25 bits per heavy atom.